The number of nitrogen functional groups attached to an aromatic ring is 1. The molecule has 3 N–H and O–H groups in total. The lowest BCUT2D eigenvalue weighted by molar-refractivity contribution is 0.0996. The van der Waals surface area contributed by atoms with Gasteiger partial charge in [0.2, 0.25) is 6.43 Å². The number of aromatic nitrogens is 4. The Labute approximate surface area is 87.9 Å². The summed E-state index contributed by atoms with van der Waals surface area (Å²) in [6.45, 7) is -1.20. The van der Waals surface area contributed by atoms with E-state index >= 15 is 0 Å². The normalized spacial score (nSPS) is 13.5. The van der Waals surface area contributed by atoms with Gasteiger partial charge in [0.05, 0.1) is 11.6 Å². The first-order valence-electron chi connectivity index (χ1n) is 4.43. The molecule has 0 fully saturated rings. The Morgan fingerprint density at radius 2 is 2.06 bits per heavy atom. The summed E-state index contributed by atoms with van der Waals surface area (Å²) in [5.41, 5.74) is 5.73. The molecular weight excluding hydrogens is 223 g/mol. The third-order valence-electron chi connectivity index (χ3n) is 2.24. The lowest BCUT2D eigenvalue weighted by atomic mass is 10.1. The number of nitrogens with zero attached hydrogens (tertiary/aromatic N) is 3. The van der Waals surface area contributed by atoms with Crippen molar-refractivity contribution in [2.75, 3.05) is 12.4 Å². The molecule has 5 nitrogen and oxygen atoms in total. The predicted octanol–water partition coefficient (Wildman–Crippen LogP) is 1.25. The number of hydrogen-bond donors (Lipinski definition) is 2. The third kappa shape index (κ3) is 1.55. The van der Waals surface area contributed by atoms with Crippen LogP contribution in [-0.4, -0.2) is 33.3 Å². The molecule has 16 heavy (non-hydrogen) atoms. The van der Waals surface area contributed by atoms with Gasteiger partial charge in [0, 0.05) is 0 Å². The van der Waals surface area contributed by atoms with Crippen LogP contribution in [0.3, 0.4) is 0 Å². The number of rotatable bonds is 3. The molecule has 0 spiro atoms. The van der Waals surface area contributed by atoms with Crippen LogP contribution in [0.1, 0.15) is 11.6 Å². The van der Waals surface area contributed by atoms with E-state index in [4.69, 9.17) is 5.73 Å². The smallest absolute Gasteiger partial charge is 0.249 e. The highest BCUT2D eigenvalue weighted by Crippen LogP contribution is 2.28. The number of alkyl halides is 3. The first-order chi connectivity index (χ1) is 7.65. The highest BCUT2D eigenvalue weighted by molar-refractivity contribution is 5.85. The van der Waals surface area contributed by atoms with Crippen molar-refractivity contribution in [2.45, 2.75) is 12.3 Å². The zero-order valence-electron chi connectivity index (χ0n) is 7.99. The van der Waals surface area contributed by atoms with Crippen molar-refractivity contribution in [2.24, 2.45) is 0 Å². The number of H-pyrrole nitrogens is 1. The van der Waals surface area contributed by atoms with Crippen molar-refractivity contribution in [1.29, 1.82) is 0 Å². The molecule has 0 aliphatic heterocycles. The Balaban J connectivity index is 2.57. The zero-order valence-corrected chi connectivity index (χ0v) is 7.99. The minimum Gasteiger partial charge on any atom is -0.382 e. The molecule has 0 amide bonds. The van der Waals surface area contributed by atoms with E-state index in [-0.39, 0.29) is 22.5 Å². The largest absolute Gasteiger partial charge is 0.382 e. The van der Waals surface area contributed by atoms with Gasteiger partial charge in [0.25, 0.3) is 0 Å². The molecule has 0 aromatic carbocycles. The molecule has 2 rings (SSSR count). The Morgan fingerprint density at radius 1 is 1.31 bits per heavy atom. The van der Waals surface area contributed by atoms with Crippen LogP contribution in [0.25, 0.3) is 11.0 Å². The van der Waals surface area contributed by atoms with Gasteiger partial charge in [-0.15, -0.1) is 0 Å². The first-order valence-corrected chi connectivity index (χ1v) is 4.43. The van der Waals surface area contributed by atoms with E-state index in [0.29, 0.717) is 0 Å². The first kappa shape index (κ1) is 10.7. The highest BCUT2D eigenvalue weighted by atomic mass is 19.3. The lowest BCUT2D eigenvalue weighted by Crippen LogP contribution is -2.12. The highest BCUT2D eigenvalue weighted by Gasteiger charge is 2.27. The average molecular weight is 231 g/mol. The predicted molar refractivity (Wildman–Crippen MR) is 50.8 cm³/mol. The summed E-state index contributed by atoms with van der Waals surface area (Å²) in [6, 6.07) is 0. The van der Waals surface area contributed by atoms with Gasteiger partial charge in [-0.25, -0.2) is 18.7 Å². The van der Waals surface area contributed by atoms with Crippen molar-refractivity contribution in [3.05, 3.63) is 12.0 Å². The minimum atomic E-state index is -2.83. The average Bonchev–Trinajstić information content (AvgIpc) is 2.64. The SMILES string of the molecule is Nc1ncnc2c(C(CF)C(F)F)[nH]nc12. The molecule has 0 bridgehead atoms. The van der Waals surface area contributed by atoms with E-state index in [1.165, 1.54) is 0 Å². The molecule has 0 radical (unpaired) electrons. The molecular formula is C8H8F3N5. The maximum Gasteiger partial charge on any atom is 0.249 e. The van der Waals surface area contributed by atoms with Gasteiger partial charge in [-0.3, -0.25) is 9.49 Å². The Hall–Kier alpha value is -1.86. The monoisotopic (exact) mass is 231 g/mol. The van der Waals surface area contributed by atoms with Crippen LogP contribution in [0.5, 0.6) is 0 Å². The fraction of sp³-hybridized carbons (Fsp3) is 0.375. The van der Waals surface area contributed by atoms with Crippen LogP contribution in [0.4, 0.5) is 19.0 Å². The van der Waals surface area contributed by atoms with Crippen molar-refractivity contribution in [3.63, 3.8) is 0 Å². The molecule has 0 saturated heterocycles. The van der Waals surface area contributed by atoms with Crippen LogP contribution in [0.2, 0.25) is 0 Å². The number of hydrogen-bond acceptors (Lipinski definition) is 4. The maximum atomic E-state index is 12.5. The standard InChI is InChI=1S/C8H8F3N5/c9-1-3(7(10)11)4-5-6(16-15-4)8(12)14-2-13-5/h2-3,7H,1H2,(H,15,16)(H2,12,13,14). The summed E-state index contributed by atoms with van der Waals surface area (Å²) in [4.78, 5) is 7.42. The van der Waals surface area contributed by atoms with Crippen LogP contribution < -0.4 is 5.73 Å². The quantitative estimate of drug-likeness (QED) is 0.833. The van der Waals surface area contributed by atoms with Gasteiger partial charge in [0.1, 0.15) is 18.5 Å². The Bertz CT molecular complexity index is 497. The molecule has 86 valence electrons. The molecule has 2 heterocycles. The number of aromatic amines is 1. The zero-order chi connectivity index (χ0) is 11.7. The summed E-state index contributed by atoms with van der Waals surface area (Å²) >= 11 is 0. The fourth-order valence-electron chi connectivity index (χ4n) is 1.40. The number of fused-ring (bicyclic) bond motifs is 1. The number of halogens is 3. The molecule has 1 atom stereocenters. The molecule has 0 saturated carbocycles. The second kappa shape index (κ2) is 3.95. The van der Waals surface area contributed by atoms with Crippen molar-refractivity contribution in [1.82, 2.24) is 20.2 Å². The molecule has 8 heteroatoms. The van der Waals surface area contributed by atoms with Crippen LogP contribution in [0, 0.1) is 0 Å². The van der Waals surface area contributed by atoms with E-state index in [1.54, 1.807) is 0 Å². The lowest BCUT2D eigenvalue weighted by Gasteiger charge is -2.09. The Morgan fingerprint density at radius 3 is 2.69 bits per heavy atom. The van der Waals surface area contributed by atoms with Gasteiger partial charge in [-0.1, -0.05) is 0 Å². The van der Waals surface area contributed by atoms with Gasteiger partial charge in [-0.2, -0.15) is 5.10 Å². The van der Waals surface area contributed by atoms with Gasteiger partial charge < -0.3 is 5.73 Å². The van der Waals surface area contributed by atoms with Gasteiger partial charge >= 0.3 is 0 Å². The second-order valence-corrected chi connectivity index (χ2v) is 3.19. The minimum absolute atomic E-state index is 0.0541. The van der Waals surface area contributed by atoms with E-state index in [2.05, 4.69) is 20.2 Å². The fourth-order valence-corrected chi connectivity index (χ4v) is 1.40. The number of anilines is 1. The number of nitrogens with two attached hydrogens (primary N) is 1. The molecule has 2 aromatic rings. The van der Waals surface area contributed by atoms with Crippen molar-refractivity contribution in [3.8, 4) is 0 Å². The molecule has 1 unspecified atom stereocenters. The summed E-state index contributed by atoms with van der Waals surface area (Å²) in [7, 11) is 0. The summed E-state index contributed by atoms with van der Waals surface area (Å²) in [5, 5.41) is 6.03. The summed E-state index contributed by atoms with van der Waals surface area (Å²) < 4.78 is 37.6. The van der Waals surface area contributed by atoms with E-state index < -0.39 is 19.0 Å². The van der Waals surface area contributed by atoms with E-state index in [0.717, 1.165) is 6.33 Å². The summed E-state index contributed by atoms with van der Waals surface area (Å²) in [6.07, 6.45) is -1.71. The maximum absolute atomic E-state index is 12.5. The summed E-state index contributed by atoms with van der Waals surface area (Å²) in [5.74, 6) is -1.50. The second-order valence-electron chi connectivity index (χ2n) is 3.19. The number of nitrogens with one attached hydrogen (secondary N) is 1. The van der Waals surface area contributed by atoms with E-state index in [1.807, 2.05) is 0 Å². The van der Waals surface area contributed by atoms with Crippen molar-refractivity contribution >= 4 is 16.9 Å². The van der Waals surface area contributed by atoms with Crippen LogP contribution in [0.15, 0.2) is 6.33 Å². The molecule has 0 aliphatic rings. The van der Waals surface area contributed by atoms with Crippen molar-refractivity contribution < 1.29 is 13.2 Å². The van der Waals surface area contributed by atoms with E-state index in [9.17, 15) is 13.2 Å². The van der Waals surface area contributed by atoms with Crippen LogP contribution >= 0.6 is 0 Å². The Kier molecular flexibility index (Phi) is 2.63. The van der Waals surface area contributed by atoms with Gasteiger partial charge in [0.15, 0.2) is 11.3 Å². The molecule has 2 aromatic heterocycles. The molecule has 0 aliphatic carbocycles. The topological polar surface area (TPSA) is 80.5 Å². The van der Waals surface area contributed by atoms with Crippen LogP contribution in [-0.2, 0) is 0 Å². The third-order valence-corrected chi connectivity index (χ3v) is 2.24. The van der Waals surface area contributed by atoms with Gasteiger partial charge in [-0.05, 0) is 0 Å².